The molecule has 0 amide bonds. The molecule has 192 valence electrons. The first-order valence-corrected chi connectivity index (χ1v) is 14.3. The number of fused-ring (bicyclic) bond motifs is 1. The molecule has 3 rings (SSSR count). The average Bonchev–Trinajstić information content (AvgIpc) is 3.45. The van der Waals surface area contributed by atoms with Gasteiger partial charge in [0.1, 0.15) is 0 Å². The van der Waals surface area contributed by atoms with Crippen molar-refractivity contribution in [2.75, 3.05) is 13.6 Å². The second-order valence-corrected chi connectivity index (χ2v) is 10.4. The Balaban J connectivity index is 1.32. The molecule has 3 heteroatoms. The lowest BCUT2D eigenvalue weighted by molar-refractivity contribution is 0.0904. The third-order valence-corrected chi connectivity index (χ3v) is 7.53. The van der Waals surface area contributed by atoms with Gasteiger partial charge < -0.3 is 4.90 Å². The molecule has 1 aromatic heterocycles. The molecular weight excluding hydrogens is 428 g/mol. The van der Waals surface area contributed by atoms with Crippen LogP contribution < -0.4 is 0 Å². The summed E-state index contributed by atoms with van der Waals surface area (Å²) in [6.45, 7) is 3.44. The minimum atomic E-state index is 0.248. The molecule has 0 radical (unpaired) electrons. The highest BCUT2D eigenvalue weighted by atomic mass is 16.2. The fourth-order valence-corrected chi connectivity index (χ4v) is 5.32. The number of para-hydroxylation sites is 1. The van der Waals surface area contributed by atoms with E-state index in [0.717, 1.165) is 31.2 Å². The second-order valence-electron chi connectivity index (χ2n) is 10.4. The Labute approximate surface area is 214 Å². The molecule has 1 aliphatic heterocycles. The van der Waals surface area contributed by atoms with Crippen LogP contribution in [0, 0.1) is 0 Å². The van der Waals surface area contributed by atoms with Crippen molar-refractivity contribution >= 4 is 16.8 Å². The van der Waals surface area contributed by atoms with Crippen LogP contribution in [-0.4, -0.2) is 35.0 Å². The lowest BCUT2D eigenvalue weighted by Crippen LogP contribution is -2.26. The topological polar surface area (TPSA) is 25.2 Å². The summed E-state index contributed by atoms with van der Waals surface area (Å²) < 4.78 is 1.93. The number of unbranched alkanes of at least 4 members (excludes halogenated alkanes) is 8. The number of hydrogen-bond acceptors (Lipinski definition) is 2. The molecule has 0 N–H and O–H groups in total. The number of benzene rings is 1. The molecular formula is C32H48N2O. The smallest absolute Gasteiger partial charge is 0.231 e. The van der Waals surface area contributed by atoms with Crippen LogP contribution in [0.1, 0.15) is 107 Å². The van der Waals surface area contributed by atoms with Gasteiger partial charge in [-0.25, -0.2) is 0 Å². The van der Waals surface area contributed by atoms with E-state index in [9.17, 15) is 4.79 Å². The summed E-state index contributed by atoms with van der Waals surface area (Å²) >= 11 is 0. The molecule has 3 nitrogen and oxygen atoms in total. The summed E-state index contributed by atoms with van der Waals surface area (Å²) in [4.78, 5) is 15.5. The number of hydrogen-bond donors (Lipinski definition) is 0. The standard InChI is InChI=1S/C32H48N2O/c1-3-4-5-6-7-8-9-10-11-12-13-14-15-16-17-24-32(35)34-27-28(26-29-21-20-25-33(29)2)30-22-18-19-23-31(30)34/h7-8,10-11,18-19,22-23,27,29H,3-6,9,12-17,20-21,24-26H2,1-2H3/b8-7-,11-10-. The second kappa shape index (κ2) is 15.8. The molecule has 0 bridgehead atoms. The molecule has 0 spiro atoms. The van der Waals surface area contributed by atoms with E-state index in [1.165, 1.54) is 81.7 Å². The number of likely N-dealkylation sites (N-methyl/N-ethyl adjacent to an activating group) is 1. The van der Waals surface area contributed by atoms with Gasteiger partial charge >= 0.3 is 0 Å². The van der Waals surface area contributed by atoms with Gasteiger partial charge in [-0.15, -0.1) is 0 Å². The van der Waals surface area contributed by atoms with Gasteiger partial charge in [0.25, 0.3) is 0 Å². The van der Waals surface area contributed by atoms with Crippen LogP contribution in [0.5, 0.6) is 0 Å². The number of carbonyl (C=O) groups excluding carboxylic acids is 1. The number of likely N-dealkylation sites (tertiary alicyclic amines) is 1. The molecule has 2 aromatic rings. The SMILES string of the molecule is CCCCC/C=C\C/C=C\CCCCCCCC(=O)n1cc(CC2CCCN2C)c2ccccc21. The number of nitrogens with zero attached hydrogens (tertiary/aromatic N) is 2. The Bertz CT molecular complexity index is 938. The van der Waals surface area contributed by atoms with Crippen LogP contribution in [0.2, 0.25) is 0 Å². The third-order valence-electron chi connectivity index (χ3n) is 7.53. The number of carbonyl (C=O) groups is 1. The van der Waals surface area contributed by atoms with E-state index < -0.39 is 0 Å². The van der Waals surface area contributed by atoms with Crippen molar-refractivity contribution in [3.63, 3.8) is 0 Å². The largest absolute Gasteiger partial charge is 0.303 e. The first-order valence-electron chi connectivity index (χ1n) is 14.3. The highest BCUT2D eigenvalue weighted by Crippen LogP contribution is 2.27. The van der Waals surface area contributed by atoms with Crippen molar-refractivity contribution in [2.45, 2.75) is 109 Å². The molecule has 1 saturated heterocycles. The minimum absolute atomic E-state index is 0.248. The van der Waals surface area contributed by atoms with Gasteiger partial charge in [0.2, 0.25) is 5.91 Å². The summed E-state index contributed by atoms with van der Waals surface area (Å²) in [5, 5.41) is 1.25. The maximum Gasteiger partial charge on any atom is 0.231 e. The maximum absolute atomic E-state index is 13.0. The van der Waals surface area contributed by atoms with Crippen molar-refractivity contribution in [1.29, 1.82) is 0 Å². The zero-order valence-corrected chi connectivity index (χ0v) is 22.4. The van der Waals surface area contributed by atoms with Gasteiger partial charge in [0.05, 0.1) is 5.52 Å². The Morgan fingerprint density at radius 2 is 1.66 bits per heavy atom. The van der Waals surface area contributed by atoms with Crippen molar-refractivity contribution in [2.24, 2.45) is 0 Å². The van der Waals surface area contributed by atoms with Gasteiger partial charge in [0.15, 0.2) is 0 Å². The van der Waals surface area contributed by atoms with E-state index >= 15 is 0 Å². The fourth-order valence-electron chi connectivity index (χ4n) is 5.32. The summed E-state index contributed by atoms with van der Waals surface area (Å²) in [6, 6.07) is 9.04. The van der Waals surface area contributed by atoms with Gasteiger partial charge in [-0.05, 0) is 83.0 Å². The summed E-state index contributed by atoms with van der Waals surface area (Å²) in [6.07, 6.45) is 28.9. The van der Waals surface area contributed by atoms with Crippen molar-refractivity contribution in [3.8, 4) is 0 Å². The summed E-state index contributed by atoms with van der Waals surface area (Å²) in [5.41, 5.74) is 2.41. The number of rotatable bonds is 16. The van der Waals surface area contributed by atoms with E-state index in [2.05, 4.69) is 73.6 Å². The number of aromatic nitrogens is 1. The first-order chi connectivity index (χ1) is 17.2. The van der Waals surface area contributed by atoms with Crippen molar-refractivity contribution in [1.82, 2.24) is 9.47 Å². The van der Waals surface area contributed by atoms with E-state index in [4.69, 9.17) is 0 Å². The Kier molecular flexibility index (Phi) is 12.4. The zero-order chi connectivity index (χ0) is 24.7. The molecule has 35 heavy (non-hydrogen) atoms. The first kappa shape index (κ1) is 27.5. The molecule has 1 unspecified atom stereocenters. The normalized spacial score (nSPS) is 16.9. The van der Waals surface area contributed by atoms with Crippen LogP contribution in [-0.2, 0) is 6.42 Å². The quantitative estimate of drug-likeness (QED) is 0.179. The molecule has 1 aliphatic rings. The van der Waals surface area contributed by atoms with E-state index in [-0.39, 0.29) is 5.91 Å². The summed E-state index contributed by atoms with van der Waals surface area (Å²) in [7, 11) is 2.23. The van der Waals surface area contributed by atoms with Gasteiger partial charge in [0, 0.05) is 24.0 Å². The van der Waals surface area contributed by atoms with Gasteiger partial charge in [-0.1, -0.05) is 81.5 Å². The molecule has 2 heterocycles. The lowest BCUT2D eigenvalue weighted by Gasteiger charge is -2.18. The Morgan fingerprint density at radius 1 is 0.943 bits per heavy atom. The Morgan fingerprint density at radius 3 is 2.40 bits per heavy atom. The monoisotopic (exact) mass is 476 g/mol. The van der Waals surface area contributed by atoms with E-state index in [1.807, 2.05) is 4.57 Å². The molecule has 1 fully saturated rings. The molecule has 1 aromatic carbocycles. The predicted octanol–water partition coefficient (Wildman–Crippen LogP) is 8.73. The van der Waals surface area contributed by atoms with Crippen LogP contribution in [0.25, 0.3) is 10.9 Å². The highest BCUT2D eigenvalue weighted by Gasteiger charge is 2.23. The highest BCUT2D eigenvalue weighted by molar-refractivity contribution is 5.94. The Hall–Kier alpha value is -2.13. The predicted molar refractivity (Wildman–Crippen MR) is 151 cm³/mol. The van der Waals surface area contributed by atoms with Gasteiger partial charge in [-0.2, -0.15) is 0 Å². The van der Waals surface area contributed by atoms with E-state index in [1.54, 1.807) is 0 Å². The minimum Gasteiger partial charge on any atom is -0.303 e. The van der Waals surface area contributed by atoms with E-state index in [0.29, 0.717) is 12.5 Å². The van der Waals surface area contributed by atoms with Crippen molar-refractivity contribution in [3.05, 3.63) is 60.3 Å². The van der Waals surface area contributed by atoms with Gasteiger partial charge in [-0.3, -0.25) is 9.36 Å². The fraction of sp³-hybridized carbons (Fsp3) is 0.594. The van der Waals surface area contributed by atoms with Crippen LogP contribution in [0.15, 0.2) is 54.8 Å². The number of allylic oxidation sites excluding steroid dienone is 4. The van der Waals surface area contributed by atoms with Crippen LogP contribution in [0.3, 0.4) is 0 Å². The van der Waals surface area contributed by atoms with Crippen molar-refractivity contribution < 1.29 is 4.79 Å². The zero-order valence-electron chi connectivity index (χ0n) is 22.4. The maximum atomic E-state index is 13.0. The molecule has 0 aliphatic carbocycles. The lowest BCUT2D eigenvalue weighted by atomic mass is 10.0. The summed E-state index contributed by atoms with van der Waals surface area (Å²) in [5.74, 6) is 0.248. The third kappa shape index (κ3) is 9.11. The average molecular weight is 477 g/mol. The van der Waals surface area contributed by atoms with Crippen LogP contribution in [0.4, 0.5) is 0 Å². The molecule has 1 atom stereocenters. The molecule has 0 saturated carbocycles. The van der Waals surface area contributed by atoms with Crippen LogP contribution >= 0.6 is 0 Å².